The van der Waals surface area contributed by atoms with E-state index in [4.69, 9.17) is 14.2 Å². The Labute approximate surface area is 224 Å². The second kappa shape index (κ2) is 12.2. The van der Waals surface area contributed by atoms with Crippen molar-refractivity contribution in [1.29, 1.82) is 0 Å². The number of H-pyrrole nitrogens is 1. The number of hydrogen-bond donors (Lipinski definition) is 2. The van der Waals surface area contributed by atoms with Gasteiger partial charge in [-0.1, -0.05) is 48.2 Å². The first-order valence-corrected chi connectivity index (χ1v) is 12.5. The van der Waals surface area contributed by atoms with Gasteiger partial charge in [-0.25, -0.2) is 5.43 Å². The Kier molecular flexibility index (Phi) is 8.49. The minimum absolute atomic E-state index is 0.0438. The van der Waals surface area contributed by atoms with E-state index in [1.807, 2.05) is 47.0 Å². The fraction of sp³-hybridized carbons (Fsp3) is 0.185. The van der Waals surface area contributed by atoms with E-state index < -0.39 is 0 Å². The summed E-state index contributed by atoms with van der Waals surface area (Å²) in [7, 11) is 4.66. The minimum Gasteiger partial charge on any atom is -0.872 e. The lowest BCUT2D eigenvalue weighted by molar-refractivity contribution is -0.625. The highest BCUT2D eigenvalue weighted by Crippen LogP contribution is 2.40. The van der Waals surface area contributed by atoms with Crippen LogP contribution in [0.3, 0.4) is 0 Å². The molecule has 1 heterocycles. The lowest BCUT2D eigenvalue weighted by atomic mass is 10.1. The van der Waals surface area contributed by atoms with Crippen molar-refractivity contribution in [3.05, 3.63) is 72.3 Å². The summed E-state index contributed by atoms with van der Waals surface area (Å²) in [5.74, 6) is 1.68. The molecule has 4 rings (SSSR count). The van der Waals surface area contributed by atoms with Crippen LogP contribution in [0.2, 0.25) is 0 Å². The number of aromatic amines is 1. The van der Waals surface area contributed by atoms with Gasteiger partial charge in [0.1, 0.15) is 5.69 Å². The molecule has 3 aromatic carbocycles. The number of rotatable bonds is 10. The molecule has 1 aromatic heterocycles. The Morgan fingerprint density at radius 2 is 1.68 bits per heavy atom. The lowest BCUT2D eigenvalue weighted by Crippen LogP contribution is -2.34. The fourth-order valence-corrected chi connectivity index (χ4v) is 4.52. The van der Waals surface area contributed by atoms with Gasteiger partial charge >= 0.3 is 5.16 Å². The average molecular weight is 534 g/mol. The maximum absolute atomic E-state index is 12.6. The molecule has 0 aliphatic carbocycles. The Bertz CT molecular complexity index is 1430. The summed E-state index contributed by atoms with van der Waals surface area (Å²) in [6.45, 7) is 1.67. The molecule has 4 aromatic rings. The normalized spacial score (nSPS) is 11.2. The molecule has 2 N–H and O–H groups in total. The second-order valence-corrected chi connectivity index (χ2v) is 8.90. The summed E-state index contributed by atoms with van der Waals surface area (Å²) in [6, 6.07) is 19.8. The van der Waals surface area contributed by atoms with Crippen molar-refractivity contribution < 1.29 is 28.7 Å². The molecule has 0 unspecified atom stereocenters. The number of nitrogens with zero attached hydrogens (tertiary/aromatic N) is 3. The van der Waals surface area contributed by atoms with Crippen LogP contribution in [0.1, 0.15) is 12.5 Å². The summed E-state index contributed by atoms with van der Waals surface area (Å²) in [6.07, 6.45) is 0. The van der Waals surface area contributed by atoms with Crippen LogP contribution in [0.5, 0.6) is 23.0 Å². The number of hydrazone groups is 1. The van der Waals surface area contributed by atoms with Gasteiger partial charge in [0.25, 0.3) is 11.7 Å². The number of thioether (sulfide) groups is 1. The van der Waals surface area contributed by atoms with E-state index in [0.29, 0.717) is 39.5 Å². The third-order valence-electron chi connectivity index (χ3n) is 5.58. The van der Waals surface area contributed by atoms with Crippen molar-refractivity contribution in [2.75, 3.05) is 27.1 Å². The van der Waals surface area contributed by atoms with Gasteiger partial charge in [-0.2, -0.15) is 9.67 Å². The summed E-state index contributed by atoms with van der Waals surface area (Å²) in [5.41, 5.74) is 4.96. The quantitative estimate of drug-likeness (QED) is 0.139. The van der Waals surface area contributed by atoms with Gasteiger partial charge in [-0.05, 0) is 48.5 Å². The SMILES string of the molecule is COc1cc(-c2[nH]nc(SCC(=O)NN=C(C)c3ccccc3[O-])[n+]2-c2ccccc2)cc(OC)c1OC. The molecule has 196 valence electrons. The Morgan fingerprint density at radius 3 is 2.32 bits per heavy atom. The maximum Gasteiger partial charge on any atom is 0.342 e. The summed E-state index contributed by atoms with van der Waals surface area (Å²) in [4.78, 5) is 12.6. The van der Waals surface area contributed by atoms with Crippen LogP contribution < -0.4 is 29.3 Å². The first kappa shape index (κ1) is 26.6. The summed E-state index contributed by atoms with van der Waals surface area (Å²) in [5, 5.41) is 24.2. The van der Waals surface area contributed by atoms with Gasteiger partial charge in [0.15, 0.2) is 11.5 Å². The number of nitrogens with one attached hydrogen (secondary N) is 2. The Hall–Kier alpha value is -4.51. The zero-order chi connectivity index (χ0) is 27.1. The van der Waals surface area contributed by atoms with E-state index >= 15 is 0 Å². The highest BCUT2D eigenvalue weighted by atomic mass is 32.2. The molecule has 10 nitrogen and oxygen atoms in total. The standard InChI is InChI=1S/C27H27N5O5S/c1-17(20-12-8-9-13-21(20)33)28-29-24(34)16-38-27-31-30-26(32(27)19-10-6-5-7-11-19)18-14-22(35-2)25(37-4)23(15-18)36-3/h5-15H,16H2,1-4H3,(H2,28,29,33,34). The van der Waals surface area contributed by atoms with Crippen molar-refractivity contribution in [2.45, 2.75) is 12.1 Å². The number of methoxy groups -OCH3 is 3. The third kappa shape index (κ3) is 5.73. The van der Waals surface area contributed by atoms with Crippen molar-refractivity contribution in [3.63, 3.8) is 0 Å². The van der Waals surface area contributed by atoms with Crippen LogP contribution in [0.15, 0.2) is 77.0 Å². The van der Waals surface area contributed by atoms with Crippen molar-refractivity contribution >= 4 is 23.4 Å². The van der Waals surface area contributed by atoms with Gasteiger partial charge in [0.2, 0.25) is 5.75 Å². The van der Waals surface area contributed by atoms with Crippen molar-refractivity contribution in [1.82, 2.24) is 15.6 Å². The number of amides is 1. The van der Waals surface area contributed by atoms with Crippen LogP contribution >= 0.6 is 11.8 Å². The second-order valence-electron chi connectivity index (χ2n) is 7.96. The van der Waals surface area contributed by atoms with Crippen LogP contribution in [0, 0.1) is 0 Å². The van der Waals surface area contributed by atoms with E-state index in [1.165, 1.54) is 17.8 Å². The van der Waals surface area contributed by atoms with Gasteiger partial charge in [-0.15, -0.1) is 5.10 Å². The molecular formula is C27H27N5O5S. The van der Waals surface area contributed by atoms with Crippen molar-refractivity contribution in [3.8, 4) is 40.1 Å². The smallest absolute Gasteiger partial charge is 0.342 e. The monoisotopic (exact) mass is 533 g/mol. The predicted molar refractivity (Wildman–Crippen MR) is 142 cm³/mol. The molecule has 0 bridgehead atoms. The number of carbonyl (C=O) groups excluding carboxylic acids is 1. The van der Waals surface area contributed by atoms with Gasteiger partial charge in [0, 0.05) is 0 Å². The Balaban J connectivity index is 1.61. The average Bonchev–Trinajstić information content (AvgIpc) is 3.38. The van der Waals surface area contributed by atoms with Gasteiger partial charge in [-0.3, -0.25) is 4.79 Å². The topological polar surface area (TPSA) is 125 Å². The van der Waals surface area contributed by atoms with Crippen molar-refractivity contribution in [2.24, 2.45) is 5.10 Å². The molecule has 0 spiro atoms. The molecular weight excluding hydrogens is 506 g/mol. The lowest BCUT2D eigenvalue weighted by Gasteiger charge is -2.13. The van der Waals surface area contributed by atoms with E-state index in [9.17, 15) is 9.90 Å². The number of benzene rings is 3. The molecule has 0 aliphatic heterocycles. The fourth-order valence-electron chi connectivity index (χ4n) is 3.76. The maximum atomic E-state index is 12.6. The predicted octanol–water partition coefficient (Wildman–Crippen LogP) is 3.09. The highest BCUT2D eigenvalue weighted by Gasteiger charge is 2.27. The first-order chi connectivity index (χ1) is 18.5. The molecule has 1 amide bonds. The number of para-hydroxylation sites is 2. The minimum atomic E-state index is -0.338. The largest absolute Gasteiger partial charge is 0.872 e. The Morgan fingerprint density at radius 1 is 1.03 bits per heavy atom. The number of ether oxygens (including phenoxy) is 3. The zero-order valence-corrected chi connectivity index (χ0v) is 22.2. The molecule has 0 aliphatic rings. The molecule has 0 saturated carbocycles. The molecule has 0 atom stereocenters. The van der Waals surface area contributed by atoms with E-state index in [2.05, 4.69) is 20.7 Å². The van der Waals surface area contributed by atoms with E-state index in [-0.39, 0.29) is 17.4 Å². The van der Waals surface area contributed by atoms with E-state index in [1.54, 1.807) is 46.5 Å². The van der Waals surface area contributed by atoms with Crippen LogP contribution in [0.25, 0.3) is 17.1 Å². The summed E-state index contributed by atoms with van der Waals surface area (Å²) >= 11 is 1.23. The number of carbonyl (C=O) groups is 1. The third-order valence-corrected chi connectivity index (χ3v) is 6.52. The van der Waals surface area contributed by atoms with Crippen LogP contribution in [0.4, 0.5) is 0 Å². The molecule has 0 fully saturated rings. The van der Waals surface area contributed by atoms with Gasteiger partial charge in [0.05, 0.1) is 43.5 Å². The molecule has 11 heteroatoms. The molecule has 0 saturated heterocycles. The number of aromatic nitrogens is 3. The molecule has 0 radical (unpaired) electrons. The number of hydrogen-bond acceptors (Lipinski definition) is 8. The van der Waals surface area contributed by atoms with Crippen LogP contribution in [-0.2, 0) is 4.79 Å². The van der Waals surface area contributed by atoms with Crippen LogP contribution in [-0.4, -0.2) is 48.9 Å². The molecule has 38 heavy (non-hydrogen) atoms. The first-order valence-electron chi connectivity index (χ1n) is 11.5. The highest BCUT2D eigenvalue weighted by molar-refractivity contribution is 7.99. The van der Waals surface area contributed by atoms with Gasteiger partial charge < -0.3 is 19.3 Å². The van der Waals surface area contributed by atoms with E-state index in [0.717, 1.165) is 11.3 Å². The zero-order valence-electron chi connectivity index (χ0n) is 21.3. The summed E-state index contributed by atoms with van der Waals surface area (Å²) < 4.78 is 18.4.